The molecule has 2 aromatic rings. The maximum atomic E-state index is 11.0. The van der Waals surface area contributed by atoms with Crippen molar-refractivity contribution in [3.05, 3.63) is 40.0 Å². The van der Waals surface area contributed by atoms with Gasteiger partial charge in [0.1, 0.15) is 5.82 Å². The lowest BCUT2D eigenvalue weighted by Crippen LogP contribution is -2.15. The zero-order chi connectivity index (χ0) is 13.3. The third-order valence-electron chi connectivity index (χ3n) is 2.45. The Labute approximate surface area is 112 Å². The first kappa shape index (κ1) is 12.5. The Bertz CT molecular complexity index is 627. The highest BCUT2D eigenvalue weighted by molar-refractivity contribution is 9.10. The molecular formula is C12H11BrN4O. The lowest BCUT2D eigenvalue weighted by molar-refractivity contribution is 0.100. The molecular weight excluding hydrogens is 296 g/mol. The summed E-state index contributed by atoms with van der Waals surface area (Å²) >= 11 is 3.44. The highest BCUT2D eigenvalue weighted by Gasteiger charge is 2.12. The lowest BCUT2D eigenvalue weighted by atomic mass is 10.1. The number of primary amides is 1. The van der Waals surface area contributed by atoms with Crippen molar-refractivity contribution < 1.29 is 4.79 Å². The summed E-state index contributed by atoms with van der Waals surface area (Å²) in [6, 6.07) is 5.79. The minimum absolute atomic E-state index is 0.0833. The fourth-order valence-electron chi connectivity index (χ4n) is 1.52. The number of aromatic nitrogens is 2. The Morgan fingerprint density at radius 3 is 2.67 bits per heavy atom. The summed E-state index contributed by atoms with van der Waals surface area (Å²) in [6.07, 6.45) is 1.34. The summed E-state index contributed by atoms with van der Waals surface area (Å²) in [6.45, 7) is 1.99. The maximum absolute atomic E-state index is 11.0. The minimum Gasteiger partial charge on any atom is -0.383 e. The van der Waals surface area contributed by atoms with Crippen LogP contribution < -0.4 is 11.5 Å². The molecule has 2 rings (SSSR count). The van der Waals surface area contributed by atoms with E-state index >= 15 is 0 Å². The summed E-state index contributed by atoms with van der Waals surface area (Å²) < 4.78 is 0.869. The molecule has 18 heavy (non-hydrogen) atoms. The van der Waals surface area contributed by atoms with Gasteiger partial charge < -0.3 is 11.5 Å². The molecule has 0 aliphatic heterocycles. The molecule has 1 amide bonds. The van der Waals surface area contributed by atoms with Crippen LogP contribution in [0, 0.1) is 6.92 Å². The van der Waals surface area contributed by atoms with Crippen molar-refractivity contribution in [2.24, 2.45) is 5.73 Å². The van der Waals surface area contributed by atoms with Gasteiger partial charge in [-0.3, -0.25) is 4.79 Å². The van der Waals surface area contributed by atoms with Crippen molar-refractivity contribution in [3.8, 4) is 11.4 Å². The number of hydrogen-bond donors (Lipinski definition) is 2. The molecule has 0 unspecified atom stereocenters. The molecule has 1 heterocycles. The fraction of sp³-hybridized carbons (Fsp3) is 0.0833. The van der Waals surface area contributed by atoms with Gasteiger partial charge in [0.05, 0.1) is 5.56 Å². The van der Waals surface area contributed by atoms with Crippen molar-refractivity contribution in [1.82, 2.24) is 9.97 Å². The van der Waals surface area contributed by atoms with E-state index in [0.29, 0.717) is 5.82 Å². The van der Waals surface area contributed by atoms with E-state index in [2.05, 4.69) is 25.9 Å². The first-order valence-electron chi connectivity index (χ1n) is 5.18. The molecule has 0 aliphatic carbocycles. The zero-order valence-electron chi connectivity index (χ0n) is 9.64. The van der Waals surface area contributed by atoms with Crippen molar-refractivity contribution in [2.75, 3.05) is 5.73 Å². The predicted octanol–water partition coefficient (Wildman–Crippen LogP) is 1.90. The number of nitrogens with zero attached hydrogens (tertiary/aromatic N) is 2. The van der Waals surface area contributed by atoms with Crippen molar-refractivity contribution >= 4 is 27.7 Å². The first-order chi connectivity index (χ1) is 8.49. The van der Waals surface area contributed by atoms with Gasteiger partial charge in [-0.15, -0.1) is 0 Å². The minimum atomic E-state index is -0.637. The van der Waals surface area contributed by atoms with E-state index < -0.39 is 5.91 Å². The lowest BCUT2D eigenvalue weighted by Gasteiger charge is -2.06. The molecule has 0 atom stereocenters. The van der Waals surface area contributed by atoms with Crippen molar-refractivity contribution in [2.45, 2.75) is 6.92 Å². The largest absolute Gasteiger partial charge is 0.383 e. The van der Waals surface area contributed by atoms with E-state index in [1.807, 2.05) is 25.1 Å². The van der Waals surface area contributed by atoms with E-state index in [9.17, 15) is 4.79 Å². The standard InChI is InChI=1S/C12H11BrN4O/c1-6-2-3-7(9(13)4-6)12-16-5-8(11(15)18)10(14)17-12/h2-5H,1H3,(H2,15,18)(H2,14,16,17). The SMILES string of the molecule is Cc1ccc(-c2ncc(C(N)=O)c(N)n2)c(Br)c1. The second-order valence-electron chi connectivity index (χ2n) is 3.84. The number of rotatable bonds is 2. The Kier molecular flexibility index (Phi) is 3.29. The van der Waals surface area contributed by atoms with Gasteiger partial charge >= 0.3 is 0 Å². The van der Waals surface area contributed by atoms with Gasteiger partial charge in [0, 0.05) is 16.2 Å². The Balaban J connectivity index is 2.52. The summed E-state index contributed by atoms with van der Waals surface area (Å²) in [5, 5.41) is 0. The van der Waals surface area contributed by atoms with Gasteiger partial charge in [0.15, 0.2) is 5.82 Å². The van der Waals surface area contributed by atoms with Gasteiger partial charge in [-0.2, -0.15) is 0 Å². The third kappa shape index (κ3) is 2.33. The van der Waals surface area contributed by atoms with Crippen LogP contribution in [0.1, 0.15) is 15.9 Å². The van der Waals surface area contributed by atoms with Gasteiger partial charge in [-0.25, -0.2) is 9.97 Å². The van der Waals surface area contributed by atoms with Crippen LogP contribution >= 0.6 is 15.9 Å². The fourth-order valence-corrected chi connectivity index (χ4v) is 2.19. The number of hydrogen-bond acceptors (Lipinski definition) is 4. The number of nitrogen functional groups attached to an aromatic ring is 1. The van der Waals surface area contributed by atoms with Gasteiger partial charge in [0.2, 0.25) is 0 Å². The molecule has 0 radical (unpaired) electrons. The quantitative estimate of drug-likeness (QED) is 0.885. The Hall–Kier alpha value is -1.95. The smallest absolute Gasteiger partial charge is 0.254 e. The normalized spacial score (nSPS) is 10.3. The van der Waals surface area contributed by atoms with Crippen LogP contribution in [0.4, 0.5) is 5.82 Å². The molecule has 0 saturated carbocycles. The maximum Gasteiger partial charge on any atom is 0.254 e. The third-order valence-corrected chi connectivity index (χ3v) is 3.11. The average Bonchev–Trinajstić information content (AvgIpc) is 2.28. The second kappa shape index (κ2) is 4.73. The van der Waals surface area contributed by atoms with E-state index in [-0.39, 0.29) is 11.4 Å². The van der Waals surface area contributed by atoms with E-state index in [1.165, 1.54) is 6.20 Å². The highest BCUT2D eigenvalue weighted by atomic mass is 79.9. The number of amides is 1. The van der Waals surface area contributed by atoms with Crippen LogP contribution in [-0.4, -0.2) is 15.9 Å². The summed E-state index contributed by atoms with van der Waals surface area (Å²) in [7, 11) is 0. The Morgan fingerprint density at radius 2 is 2.11 bits per heavy atom. The summed E-state index contributed by atoms with van der Waals surface area (Å²) in [5.41, 5.74) is 12.9. The molecule has 6 heteroatoms. The zero-order valence-corrected chi connectivity index (χ0v) is 11.2. The molecule has 92 valence electrons. The van der Waals surface area contributed by atoms with E-state index in [4.69, 9.17) is 11.5 Å². The first-order valence-corrected chi connectivity index (χ1v) is 5.97. The number of carbonyl (C=O) groups excluding carboxylic acids is 1. The highest BCUT2D eigenvalue weighted by Crippen LogP contribution is 2.27. The van der Waals surface area contributed by atoms with Gasteiger partial charge in [0.25, 0.3) is 5.91 Å². The van der Waals surface area contributed by atoms with Crippen LogP contribution in [0.5, 0.6) is 0 Å². The molecule has 1 aromatic carbocycles. The number of anilines is 1. The molecule has 1 aromatic heterocycles. The molecule has 4 N–H and O–H groups in total. The number of nitrogens with two attached hydrogens (primary N) is 2. The molecule has 0 saturated heterocycles. The molecule has 0 spiro atoms. The van der Waals surface area contributed by atoms with Crippen LogP contribution in [0.25, 0.3) is 11.4 Å². The number of carbonyl (C=O) groups is 1. The summed E-state index contributed by atoms with van der Waals surface area (Å²) in [4.78, 5) is 19.2. The van der Waals surface area contributed by atoms with Crippen molar-refractivity contribution in [1.29, 1.82) is 0 Å². The number of halogens is 1. The molecule has 0 bridgehead atoms. The number of benzene rings is 1. The van der Waals surface area contributed by atoms with Crippen molar-refractivity contribution in [3.63, 3.8) is 0 Å². The molecule has 5 nitrogen and oxygen atoms in total. The van der Waals surface area contributed by atoms with E-state index in [1.54, 1.807) is 0 Å². The van der Waals surface area contributed by atoms with Crippen LogP contribution in [-0.2, 0) is 0 Å². The molecule has 0 aliphatic rings. The van der Waals surface area contributed by atoms with Gasteiger partial charge in [-0.1, -0.05) is 22.0 Å². The topological polar surface area (TPSA) is 94.9 Å². The van der Waals surface area contributed by atoms with Crippen LogP contribution in [0.2, 0.25) is 0 Å². The second-order valence-corrected chi connectivity index (χ2v) is 4.69. The Morgan fingerprint density at radius 1 is 1.39 bits per heavy atom. The van der Waals surface area contributed by atoms with Crippen LogP contribution in [0.15, 0.2) is 28.9 Å². The predicted molar refractivity (Wildman–Crippen MR) is 72.8 cm³/mol. The van der Waals surface area contributed by atoms with E-state index in [0.717, 1.165) is 15.6 Å². The monoisotopic (exact) mass is 306 g/mol. The molecule has 0 fully saturated rings. The number of aryl methyl sites for hydroxylation is 1. The van der Waals surface area contributed by atoms with Crippen LogP contribution in [0.3, 0.4) is 0 Å². The average molecular weight is 307 g/mol. The summed E-state index contributed by atoms with van der Waals surface area (Å²) in [5.74, 6) is -0.105. The van der Waals surface area contributed by atoms with Gasteiger partial charge in [-0.05, 0) is 24.6 Å².